The van der Waals surface area contributed by atoms with Gasteiger partial charge in [-0.25, -0.2) is 0 Å². The van der Waals surface area contributed by atoms with Gasteiger partial charge in [0.1, 0.15) is 16.5 Å². The Labute approximate surface area is 123 Å². The van der Waals surface area contributed by atoms with Gasteiger partial charge in [-0.3, -0.25) is 0 Å². The average Bonchev–Trinajstić information content (AvgIpc) is 2.95. The number of nitrogens with zero attached hydrogens (tertiary/aromatic N) is 2. The minimum absolute atomic E-state index is 0.781. The van der Waals surface area contributed by atoms with Crippen LogP contribution in [0.1, 0.15) is 11.4 Å². The van der Waals surface area contributed by atoms with Gasteiger partial charge in [-0.15, -0.1) is 10.2 Å². The van der Waals surface area contributed by atoms with E-state index in [1.807, 2.05) is 25.2 Å². The summed E-state index contributed by atoms with van der Waals surface area (Å²) in [4.78, 5) is 0. The van der Waals surface area contributed by atoms with Crippen molar-refractivity contribution in [1.82, 2.24) is 15.5 Å². The van der Waals surface area contributed by atoms with Crippen LogP contribution in [0.25, 0.3) is 10.6 Å². The molecule has 0 aliphatic heterocycles. The Morgan fingerprint density at radius 2 is 2.05 bits per heavy atom. The third-order valence-corrected chi connectivity index (χ3v) is 3.94. The summed E-state index contributed by atoms with van der Waals surface area (Å²) in [5.41, 5.74) is 0.921. The quantitative estimate of drug-likeness (QED) is 0.794. The van der Waals surface area contributed by atoms with Gasteiger partial charge >= 0.3 is 0 Å². The van der Waals surface area contributed by atoms with Crippen molar-refractivity contribution in [2.24, 2.45) is 0 Å². The van der Waals surface area contributed by atoms with Gasteiger partial charge < -0.3 is 14.8 Å². The number of rotatable bonds is 7. The molecule has 1 N–H and O–H groups in total. The van der Waals surface area contributed by atoms with Crippen molar-refractivity contribution in [3.8, 4) is 22.1 Å². The molecular formula is C14H19N3O2S. The summed E-state index contributed by atoms with van der Waals surface area (Å²) in [6.07, 6.45) is 1.99. The fourth-order valence-corrected chi connectivity index (χ4v) is 2.76. The Balaban J connectivity index is 2.22. The molecule has 0 aliphatic rings. The van der Waals surface area contributed by atoms with Gasteiger partial charge in [-0.05, 0) is 38.2 Å². The average molecular weight is 293 g/mol. The Morgan fingerprint density at radius 1 is 1.20 bits per heavy atom. The summed E-state index contributed by atoms with van der Waals surface area (Å²) < 4.78 is 10.6. The summed E-state index contributed by atoms with van der Waals surface area (Å²) in [7, 11) is 5.25. The number of aromatic nitrogens is 2. The molecule has 6 heteroatoms. The highest BCUT2D eigenvalue weighted by Crippen LogP contribution is 2.35. The van der Waals surface area contributed by atoms with Crippen molar-refractivity contribution in [2.75, 3.05) is 27.8 Å². The second-order valence-corrected chi connectivity index (χ2v) is 5.34. The molecule has 1 heterocycles. The molecule has 0 atom stereocenters. The van der Waals surface area contributed by atoms with Gasteiger partial charge in [0.25, 0.3) is 0 Å². The third-order valence-electron chi connectivity index (χ3n) is 2.92. The van der Waals surface area contributed by atoms with Crippen LogP contribution in [0.3, 0.4) is 0 Å². The van der Waals surface area contributed by atoms with Gasteiger partial charge in [-0.1, -0.05) is 11.3 Å². The highest BCUT2D eigenvalue weighted by atomic mass is 32.1. The molecule has 108 valence electrons. The minimum Gasteiger partial charge on any atom is -0.497 e. The zero-order valence-corrected chi connectivity index (χ0v) is 12.8. The molecule has 2 aromatic rings. The Bertz CT molecular complexity index is 557. The van der Waals surface area contributed by atoms with E-state index in [1.165, 1.54) is 0 Å². The first-order valence-corrected chi connectivity index (χ1v) is 7.29. The first-order valence-electron chi connectivity index (χ1n) is 6.48. The van der Waals surface area contributed by atoms with Crippen molar-refractivity contribution in [3.05, 3.63) is 23.2 Å². The van der Waals surface area contributed by atoms with Crippen LogP contribution in [0.5, 0.6) is 11.5 Å². The molecule has 0 aliphatic carbocycles. The van der Waals surface area contributed by atoms with Crippen molar-refractivity contribution in [2.45, 2.75) is 12.8 Å². The van der Waals surface area contributed by atoms with Gasteiger partial charge in [0.2, 0.25) is 0 Å². The highest BCUT2D eigenvalue weighted by molar-refractivity contribution is 7.14. The van der Waals surface area contributed by atoms with Crippen molar-refractivity contribution < 1.29 is 9.47 Å². The topological polar surface area (TPSA) is 56.3 Å². The molecule has 0 unspecified atom stereocenters. The van der Waals surface area contributed by atoms with Crippen LogP contribution in [-0.4, -0.2) is 38.0 Å². The van der Waals surface area contributed by atoms with Crippen LogP contribution in [0.4, 0.5) is 0 Å². The molecule has 20 heavy (non-hydrogen) atoms. The molecule has 5 nitrogen and oxygen atoms in total. The van der Waals surface area contributed by atoms with Crippen molar-refractivity contribution in [3.63, 3.8) is 0 Å². The zero-order chi connectivity index (χ0) is 14.4. The van der Waals surface area contributed by atoms with E-state index in [4.69, 9.17) is 9.47 Å². The summed E-state index contributed by atoms with van der Waals surface area (Å²) in [6.45, 7) is 0.984. The molecular weight excluding hydrogens is 274 g/mol. The summed E-state index contributed by atoms with van der Waals surface area (Å²) in [5.74, 6) is 1.57. The van der Waals surface area contributed by atoms with Crippen LogP contribution in [-0.2, 0) is 6.42 Å². The number of nitrogens with one attached hydrogen (secondary N) is 1. The predicted molar refractivity (Wildman–Crippen MR) is 80.7 cm³/mol. The maximum Gasteiger partial charge on any atom is 0.151 e. The van der Waals surface area contributed by atoms with Crippen molar-refractivity contribution in [1.29, 1.82) is 0 Å². The molecule has 0 spiro atoms. The molecule has 0 radical (unpaired) electrons. The first-order chi connectivity index (χ1) is 9.78. The normalized spacial score (nSPS) is 10.6. The van der Waals surface area contributed by atoms with Gasteiger partial charge in [0.05, 0.1) is 19.8 Å². The van der Waals surface area contributed by atoms with E-state index in [2.05, 4.69) is 15.5 Å². The number of aryl methyl sites for hydroxylation is 1. The van der Waals surface area contributed by atoms with E-state index in [0.717, 1.165) is 46.5 Å². The fraction of sp³-hybridized carbons (Fsp3) is 0.429. The maximum atomic E-state index is 5.38. The van der Waals surface area contributed by atoms with Crippen LogP contribution >= 0.6 is 11.3 Å². The summed E-state index contributed by atoms with van der Waals surface area (Å²) in [5, 5.41) is 13.5. The Hall–Kier alpha value is -1.66. The molecule has 0 bridgehead atoms. The summed E-state index contributed by atoms with van der Waals surface area (Å²) in [6, 6.07) is 5.68. The lowest BCUT2D eigenvalue weighted by Gasteiger charge is -2.07. The number of ether oxygens (including phenoxy) is 2. The first kappa shape index (κ1) is 14.7. The molecule has 0 amide bonds. The monoisotopic (exact) mass is 293 g/mol. The summed E-state index contributed by atoms with van der Waals surface area (Å²) >= 11 is 1.60. The molecule has 0 saturated heterocycles. The lowest BCUT2D eigenvalue weighted by Crippen LogP contribution is -2.08. The minimum atomic E-state index is 0.781. The number of hydrogen-bond donors (Lipinski definition) is 1. The Kier molecular flexibility index (Phi) is 5.31. The molecule has 2 rings (SSSR count). The number of benzene rings is 1. The van der Waals surface area contributed by atoms with E-state index >= 15 is 0 Å². The lowest BCUT2D eigenvalue weighted by molar-refractivity contribution is 0.404. The van der Waals surface area contributed by atoms with Gasteiger partial charge in [0, 0.05) is 6.42 Å². The van der Waals surface area contributed by atoms with E-state index in [0.29, 0.717) is 0 Å². The third kappa shape index (κ3) is 3.46. The molecule has 0 fully saturated rings. The Morgan fingerprint density at radius 3 is 2.75 bits per heavy atom. The lowest BCUT2D eigenvalue weighted by atomic mass is 10.2. The molecule has 0 saturated carbocycles. The van der Waals surface area contributed by atoms with Gasteiger partial charge in [-0.2, -0.15) is 0 Å². The van der Waals surface area contributed by atoms with Gasteiger partial charge in [0.15, 0.2) is 5.01 Å². The maximum absolute atomic E-state index is 5.38. The largest absolute Gasteiger partial charge is 0.497 e. The zero-order valence-electron chi connectivity index (χ0n) is 12.0. The number of hydrogen-bond acceptors (Lipinski definition) is 6. The van der Waals surface area contributed by atoms with Crippen LogP contribution < -0.4 is 14.8 Å². The van der Waals surface area contributed by atoms with Crippen LogP contribution in [0, 0.1) is 0 Å². The van der Waals surface area contributed by atoms with Crippen molar-refractivity contribution >= 4 is 11.3 Å². The van der Waals surface area contributed by atoms with E-state index in [-0.39, 0.29) is 0 Å². The fourth-order valence-electron chi connectivity index (χ4n) is 1.86. The highest BCUT2D eigenvalue weighted by Gasteiger charge is 2.13. The smallest absolute Gasteiger partial charge is 0.151 e. The molecule has 1 aromatic carbocycles. The van der Waals surface area contributed by atoms with E-state index in [1.54, 1.807) is 25.6 Å². The van der Waals surface area contributed by atoms with Crippen LogP contribution in [0.2, 0.25) is 0 Å². The van der Waals surface area contributed by atoms with E-state index in [9.17, 15) is 0 Å². The predicted octanol–water partition coefficient (Wildman–Crippen LogP) is 2.37. The molecule has 1 aromatic heterocycles. The second kappa shape index (κ2) is 7.21. The van der Waals surface area contributed by atoms with Crippen LogP contribution in [0.15, 0.2) is 18.2 Å². The number of methoxy groups -OCH3 is 2. The SMILES string of the molecule is CNCCCc1nnc(-c2cc(OC)ccc2OC)s1. The second-order valence-electron chi connectivity index (χ2n) is 4.27. The van der Waals surface area contributed by atoms with E-state index < -0.39 is 0 Å². The standard InChI is InChI=1S/C14H19N3O2S/c1-15-8-4-5-13-16-17-14(20-13)11-9-10(18-2)6-7-12(11)19-3/h6-7,9,15H,4-5,8H2,1-3H3.